The molecule has 0 unspecified atom stereocenters. The molecule has 1 saturated carbocycles. The zero-order valence-electron chi connectivity index (χ0n) is 8.58. The van der Waals surface area contributed by atoms with Crippen LogP contribution in [0, 0.1) is 0 Å². The number of rotatable bonds is 3. The lowest BCUT2D eigenvalue weighted by atomic mass is 9.90. The third kappa shape index (κ3) is 7.86. The Morgan fingerprint density at radius 2 is 1.82 bits per heavy atom. The molecule has 3 N–H and O–H groups in total. The van der Waals surface area contributed by atoms with Crippen molar-refractivity contribution >= 4 is 5.97 Å². The largest absolute Gasteiger partial charge is 0.490 e. The summed E-state index contributed by atoms with van der Waals surface area (Å²) in [6.07, 6.45) is -5.99. The van der Waals surface area contributed by atoms with Crippen LogP contribution in [-0.4, -0.2) is 42.4 Å². The molecule has 0 radical (unpaired) electrons. The Balaban J connectivity index is 0.000000325. The molecule has 0 amide bonds. The first kappa shape index (κ1) is 16.0. The smallest absolute Gasteiger partial charge is 0.475 e. The molecule has 1 fully saturated rings. The van der Waals surface area contributed by atoms with Gasteiger partial charge in [-0.2, -0.15) is 13.2 Å². The molecule has 0 bridgehead atoms. The van der Waals surface area contributed by atoms with E-state index in [1.54, 1.807) is 0 Å². The van der Waals surface area contributed by atoms with Gasteiger partial charge in [0.15, 0.2) is 0 Å². The van der Waals surface area contributed by atoms with Crippen molar-refractivity contribution in [1.82, 2.24) is 0 Å². The summed E-state index contributed by atoms with van der Waals surface area (Å²) in [6, 6.07) is 0.169. The van der Waals surface area contributed by atoms with Crippen molar-refractivity contribution in [2.75, 3.05) is 6.61 Å². The van der Waals surface area contributed by atoms with E-state index in [1.807, 2.05) is 0 Å². The quantitative estimate of drug-likeness (QED) is 0.756. The van der Waals surface area contributed by atoms with Crippen molar-refractivity contribution in [3.63, 3.8) is 0 Å². The lowest BCUT2D eigenvalue weighted by Gasteiger charge is -2.31. The second-order valence-corrected chi connectivity index (χ2v) is 3.38. The molecule has 102 valence electrons. The maximum absolute atomic E-state index is 11.5. The molecule has 1 aliphatic rings. The fraction of sp³-hybridized carbons (Fsp3) is 0.875. The van der Waals surface area contributed by atoms with Crippen molar-refractivity contribution in [3.8, 4) is 0 Å². The van der Waals surface area contributed by atoms with Crippen LogP contribution in [0.25, 0.3) is 0 Å². The number of carboxylic acids is 1. The molecule has 0 heterocycles. The first-order chi connectivity index (χ1) is 7.62. The van der Waals surface area contributed by atoms with E-state index in [0.717, 1.165) is 12.8 Å². The van der Waals surface area contributed by atoms with E-state index in [9.17, 15) is 22.0 Å². The maximum Gasteiger partial charge on any atom is 0.490 e. The highest BCUT2D eigenvalue weighted by Gasteiger charge is 2.38. The number of carboxylic acid groups (broad SMARTS) is 1. The molecule has 0 saturated heterocycles. The van der Waals surface area contributed by atoms with E-state index in [0.29, 0.717) is 0 Å². The average Bonchev–Trinajstić information content (AvgIpc) is 2.09. The van der Waals surface area contributed by atoms with Crippen LogP contribution in [0.2, 0.25) is 0 Å². The van der Waals surface area contributed by atoms with Crippen molar-refractivity contribution in [1.29, 1.82) is 0 Å². The Labute approximate surface area is 93.5 Å². The maximum atomic E-state index is 11.5. The Morgan fingerprint density at radius 1 is 1.41 bits per heavy atom. The fourth-order valence-electron chi connectivity index (χ4n) is 0.951. The highest BCUT2D eigenvalue weighted by Crippen LogP contribution is 2.21. The first-order valence-corrected chi connectivity index (χ1v) is 4.58. The number of ether oxygens (including phenoxy) is 1. The molecule has 0 atom stereocenters. The van der Waals surface area contributed by atoms with Gasteiger partial charge < -0.3 is 15.6 Å². The van der Waals surface area contributed by atoms with Crippen LogP contribution in [0.15, 0.2) is 0 Å². The molecule has 0 spiro atoms. The fourth-order valence-corrected chi connectivity index (χ4v) is 0.951. The summed E-state index contributed by atoms with van der Waals surface area (Å²) in [6.45, 7) is -0.447. The SMILES string of the molecule is N[C@H]1C[C@H](OCC(F)F)C1.O=C(O)C(F)(F)F. The Hall–Kier alpha value is -0.960. The number of hydrogen-bond acceptors (Lipinski definition) is 3. The highest BCUT2D eigenvalue weighted by molar-refractivity contribution is 5.73. The number of halogens is 5. The number of aliphatic carboxylic acids is 1. The van der Waals surface area contributed by atoms with Crippen LogP contribution >= 0.6 is 0 Å². The third-order valence-corrected chi connectivity index (χ3v) is 1.83. The first-order valence-electron chi connectivity index (χ1n) is 4.58. The molecule has 4 nitrogen and oxygen atoms in total. The molecular weight excluding hydrogens is 253 g/mol. The van der Waals surface area contributed by atoms with Gasteiger partial charge >= 0.3 is 12.1 Å². The highest BCUT2D eigenvalue weighted by atomic mass is 19.4. The Kier molecular flexibility index (Phi) is 6.32. The van der Waals surface area contributed by atoms with E-state index >= 15 is 0 Å². The van der Waals surface area contributed by atoms with Crippen LogP contribution in [-0.2, 0) is 9.53 Å². The minimum Gasteiger partial charge on any atom is -0.475 e. The number of hydrogen-bond donors (Lipinski definition) is 2. The van der Waals surface area contributed by atoms with Gasteiger partial charge in [0.2, 0.25) is 0 Å². The van der Waals surface area contributed by atoms with Crippen molar-refractivity contribution in [3.05, 3.63) is 0 Å². The molecule has 0 aliphatic heterocycles. The van der Waals surface area contributed by atoms with E-state index in [2.05, 4.69) is 0 Å². The summed E-state index contributed by atoms with van der Waals surface area (Å²) in [4.78, 5) is 8.90. The monoisotopic (exact) mass is 265 g/mol. The van der Waals surface area contributed by atoms with Crippen molar-refractivity contribution in [2.24, 2.45) is 5.73 Å². The van der Waals surface area contributed by atoms with Crippen LogP contribution in [0.4, 0.5) is 22.0 Å². The number of alkyl halides is 5. The van der Waals surface area contributed by atoms with Gasteiger partial charge in [-0.3, -0.25) is 0 Å². The normalized spacial score (nSPS) is 23.7. The van der Waals surface area contributed by atoms with Gasteiger partial charge in [0, 0.05) is 6.04 Å². The molecule has 17 heavy (non-hydrogen) atoms. The number of carbonyl (C=O) groups is 1. The summed E-state index contributed by atoms with van der Waals surface area (Å²) >= 11 is 0. The summed E-state index contributed by atoms with van der Waals surface area (Å²) in [5.41, 5.74) is 5.41. The summed E-state index contributed by atoms with van der Waals surface area (Å²) in [7, 11) is 0. The molecule has 1 rings (SSSR count). The predicted molar refractivity (Wildman–Crippen MR) is 46.6 cm³/mol. The minimum absolute atomic E-state index is 0.0102. The lowest BCUT2D eigenvalue weighted by molar-refractivity contribution is -0.192. The van der Waals surface area contributed by atoms with E-state index < -0.39 is 25.2 Å². The summed E-state index contributed by atoms with van der Waals surface area (Å²) in [5.74, 6) is -2.76. The lowest BCUT2D eigenvalue weighted by Crippen LogP contribution is -2.42. The van der Waals surface area contributed by atoms with E-state index in [-0.39, 0.29) is 12.1 Å². The Bertz CT molecular complexity index is 240. The van der Waals surface area contributed by atoms with Gasteiger partial charge in [0.1, 0.15) is 6.61 Å². The number of nitrogens with two attached hydrogens (primary N) is 1. The van der Waals surface area contributed by atoms with Crippen LogP contribution in [0.3, 0.4) is 0 Å². The second-order valence-electron chi connectivity index (χ2n) is 3.38. The van der Waals surface area contributed by atoms with Crippen molar-refractivity contribution < 1.29 is 36.6 Å². The van der Waals surface area contributed by atoms with Crippen LogP contribution < -0.4 is 5.73 Å². The topological polar surface area (TPSA) is 72.5 Å². The summed E-state index contributed by atoms with van der Waals surface area (Å²) < 4.78 is 59.5. The standard InChI is InChI=1S/C6H11F2NO.C2HF3O2/c7-6(8)3-10-5-1-4(9)2-5;3-2(4,5)1(6)7/h4-6H,1-3,9H2;(H,6,7)/t4-,5-;. The molecule has 1 aliphatic carbocycles. The van der Waals surface area contributed by atoms with E-state index in [1.165, 1.54) is 0 Å². The van der Waals surface area contributed by atoms with Gasteiger partial charge in [-0.15, -0.1) is 0 Å². The van der Waals surface area contributed by atoms with Gasteiger partial charge in [0.05, 0.1) is 6.10 Å². The van der Waals surface area contributed by atoms with Crippen molar-refractivity contribution in [2.45, 2.75) is 37.6 Å². The van der Waals surface area contributed by atoms with Gasteiger partial charge in [-0.1, -0.05) is 0 Å². The van der Waals surface area contributed by atoms with Crippen LogP contribution in [0.1, 0.15) is 12.8 Å². The summed E-state index contributed by atoms with van der Waals surface area (Å²) in [5, 5.41) is 7.12. The second kappa shape index (κ2) is 6.70. The molecule has 0 aromatic heterocycles. The van der Waals surface area contributed by atoms with Gasteiger partial charge in [-0.05, 0) is 12.8 Å². The minimum atomic E-state index is -5.08. The molecule has 0 aromatic rings. The van der Waals surface area contributed by atoms with E-state index in [4.69, 9.17) is 20.4 Å². The molecular formula is C8H12F5NO3. The third-order valence-electron chi connectivity index (χ3n) is 1.83. The molecule has 9 heteroatoms. The molecule has 0 aromatic carbocycles. The Morgan fingerprint density at radius 3 is 2.06 bits per heavy atom. The van der Waals surface area contributed by atoms with Gasteiger partial charge in [0.25, 0.3) is 6.43 Å². The van der Waals surface area contributed by atoms with Gasteiger partial charge in [-0.25, -0.2) is 13.6 Å². The zero-order valence-corrected chi connectivity index (χ0v) is 8.58. The van der Waals surface area contributed by atoms with Crippen LogP contribution in [0.5, 0.6) is 0 Å². The average molecular weight is 265 g/mol. The predicted octanol–water partition coefficient (Wildman–Crippen LogP) is 1.39. The zero-order chi connectivity index (χ0) is 13.6.